The van der Waals surface area contributed by atoms with Crippen molar-refractivity contribution in [1.29, 1.82) is 0 Å². The fourth-order valence-electron chi connectivity index (χ4n) is 0.975. The second-order valence-electron chi connectivity index (χ2n) is 2.77. The first-order chi connectivity index (χ1) is 7.56. The zero-order chi connectivity index (χ0) is 12.1. The van der Waals surface area contributed by atoms with E-state index in [2.05, 4.69) is 0 Å². The molecule has 0 aliphatic rings. The van der Waals surface area contributed by atoms with Crippen molar-refractivity contribution in [3.05, 3.63) is 27.2 Å². The molecule has 1 aromatic carbocycles. The minimum atomic E-state index is -0.491. The van der Waals surface area contributed by atoms with E-state index in [0.717, 1.165) is 0 Å². The highest BCUT2D eigenvalue weighted by Crippen LogP contribution is 2.37. The molecule has 0 radical (unpaired) electrons. The molecule has 0 fully saturated rings. The average Bonchev–Trinajstić information content (AvgIpc) is 2.24. The topological polar surface area (TPSA) is 35.5 Å². The van der Waals surface area contributed by atoms with Crippen LogP contribution in [0.5, 0.6) is 5.75 Å². The Bertz CT molecular complexity index is 393. The van der Waals surface area contributed by atoms with Crippen LogP contribution in [0.3, 0.4) is 0 Å². The molecule has 0 spiro atoms. The minimum absolute atomic E-state index is 0.179. The lowest BCUT2D eigenvalue weighted by molar-refractivity contribution is -0.145. The lowest BCUT2D eigenvalue weighted by Crippen LogP contribution is -2.14. The molecular weight excluding hydrogens is 274 g/mol. The molecule has 0 aromatic heterocycles. The van der Waals surface area contributed by atoms with Crippen LogP contribution >= 0.6 is 34.8 Å². The van der Waals surface area contributed by atoms with Gasteiger partial charge in [-0.3, -0.25) is 0 Å². The number of hydrogen-bond donors (Lipinski definition) is 0. The molecule has 0 bridgehead atoms. The van der Waals surface area contributed by atoms with E-state index in [-0.39, 0.29) is 17.4 Å². The van der Waals surface area contributed by atoms with Crippen LogP contribution in [0.25, 0.3) is 0 Å². The van der Waals surface area contributed by atoms with E-state index in [1.54, 1.807) is 13.0 Å². The first-order valence-electron chi connectivity index (χ1n) is 4.48. The zero-order valence-electron chi connectivity index (χ0n) is 8.43. The zero-order valence-corrected chi connectivity index (χ0v) is 10.7. The number of rotatable bonds is 4. The quantitative estimate of drug-likeness (QED) is 0.626. The van der Waals surface area contributed by atoms with Gasteiger partial charge < -0.3 is 9.47 Å². The van der Waals surface area contributed by atoms with Gasteiger partial charge in [0.1, 0.15) is 5.02 Å². The Labute approximate surface area is 108 Å². The number of esters is 1. The number of halogens is 3. The van der Waals surface area contributed by atoms with E-state index in [9.17, 15) is 4.79 Å². The molecule has 0 aliphatic carbocycles. The van der Waals surface area contributed by atoms with Gasteiger partial charge in [0.05, 0.1) is 16.7 Å². The maximum absolute atomic E-state index is 11.1. The molecule has 0 heterocycles. The van der Waals surface area contributed by atoms with Gasteiger partial charge in [-0.25, -0.2) is 4.79 Å². The molecule has 0 saturated carbocycles. The number of carbonyl (C=O) groups excluding carboxylic acids is 1. The fraction of sp³-hybridized carbons (Fsp3) is 0.300. The van der Waals surface area contributed by atoms with Crippen LogP contribution in [-0.4, -0.2) is 19.2 Å². The molecule has 0 unspecified atom stereocenters. The van der Waals surface area contributed by atoms with Crippen LogP contribution in [0.2, 0.25) is 15.1 Å². The summed E-state index contributed by atoms with van der Waals surface area (Å²) in [5.74, 6) is -0.307. The van der Waals surface area contributed by atoms with E-state index in [0.29, 0.717) is 16.7 Å². The molecule has 0 atom stereocenters. The highest BCUT2D eigenvalue weighted by Gasteiger charge is 2.12. The van der Waals surface area contributed by atoms with Crippen molar-refractivity contribution in [1.82, 2.24) is 0 Å². The van der Waals surface area contributed by atoms with E-state index in [1.165, 1.54) is 6.07 Å². The Balaban J connectivity index is 2.74. The number of carbonyl (C=O) groups is 1. The first-order valence-corrected chi connectivity index (χ1v) is 5.61. The van der Waals surface area contributed by atoms with Crippen molar-refractivity contribution in [3.8, 4) is 5.75 Å². The van der Waals surface area contributed by atoms with Gasteiger partial charge in [0.15, 0.2) is 12.4 Å². The average molecular weight is 284 g/mol. The van der Waals surface area contributed by atoms with Crippen molar-refractivity contribution in [2.75, 3.05) is 13.2 Å². The molecule has 0 N–H and O–H groups in total. The second-order valence-corrected chi connectivity index (χ2v) is 3.96. The van der Waals surface area contributed by atoms with Crippen molar-refractivity contribution >= 4 is 40.8 Å². The van der Waals surface area contributed by atoms with E-state index < -0.39 is 5.97 Å². The SMILES string of the molecule is CCOC(=O)COc1c(Cl)ccc(Cl)c1Cl. The summed E-state index contributed by atoms with van der Waals surface area (Å²) in [4.78, 5) is 11.1. The molecule has 0 aliphatic heterocycles. The molecular formula is C10H9Cl3O3. The van der Waals surface area contributed by atoms with Crippen LogP contribution in [0, 0.1) is 0 Å². The largest absolute Gasteiger partial charge is 0.479 e. The summed E-state index contributed by atoms with van der Waals surface area (Å²) in [5, 5.41) is 0.780. The highest BCUT2D eigenvalue weighted by atomic mass is 35.5. The number of ether oxygens (including phenoxy) is 2. The summed E-state index contributed by atoms with van der Waals surface area (Å²) >= 11 is 17.5. The molecule has 0 saturated heterocycles. The summed E-state index contributed by atoms with van der Waals surface area (Å²) in [5.41, 5.74) is 0. The van der Waals surface area contributed by atoms with Crippen molar-refractivity contribution in [3.63, 3.8) is 0 Å². The van der Waals surface area contributed by atoms with Crippen molar-refractivity contribution in [2.45, 2.75) is 6.92 Å². The summed E-state index contributed by atoms with van der Waals surface area (Å²) in [6, 6.07) is 3.08. The summed E-state index contributed by atoms with van der Waals surface area (Å²) in [6.07, 6.45) is 0. The van der Waals surface area contributed by atoms with Gasteiger partial charge in [0.2, 0.25) is 0 Å². The Morgan fingerprint density at radius 2 is 1.88 bits per heavy atom. The lowest BCUT2D eigenvalue weighted by atomic mass is 10.3. The molecule has 0 amide bonds. The third-order valence-electron chi connectivity index (χ3n) is 1.64. The number of benzene rings is 1. The van der Waals surface area contributed by atoms with E-state index in [4.69, 9.17) is 44.3 Å². The van der Waals surface area contributed by atoms with Crippen LogP contribution in [0.1, 0.15) is 6.92 Å². The lowest BCUT2D eigenvalue weighted by Gasteiger charge is -2.09. The molecule has 88 valence electrons. The normalized spacial score (nSPS) is 10.0. The maximum atomic E-state index is 11.1. The predicted molar refractivity (Wildman–Crippen MR) is 63.6 cm³/mol. The van der Waals surface area contributed by atoms with Gasteiger partial charge in [-0.05, 0) is 19.1 Å². The standard InChI is InChI=1S/C10H9Cl3O3/c1-2-15-8(14)5-16-10-7(12)4-3-6(11)9(10)13/h3-4H,2,5H2,1H3. The van der Waals surface area contributed by atoms with Gasteiger partial charge in [-0.2, -0.15) is 0 Å². The first kappa shape index (κ1) is 13.4. The summed E-state index contributed by atoms with van der Waals surface area (Å²) in [7, 11) is 0. The van der Waals surface area contributed by atoms with Crippen LogP contribution < -0.4 is 4.74 Å². The minimum Gasteiger partial charge on any atom is -0.479 e. The van der Waals surface area contributed by atoms with E-state index in [1.807, 2.05) is 0 Å². The van der Waals surface area contributed by atoms with E-state index >= 15 is 0 Å². The predicted octanol–water partition coefficient (Wildman–Crippen LogP) is 3.59. The maximum Gasteiger partial charge on any atom is 0.344 e. The third-order valence-corrected chi connectivity index (χ3v) is 2.73. The van der Waals surface area contributed by atoms with Crippen LogP contribution in [0.15, 0.2) is 12.1 Å². The van der Waals surface area contributed by atoms with Gasteiger partial charge in [0.25, 0.3) is 0 Å². The smallest absolute Gasteiger partial charge is 0.344 e. The second kappa shape index (κ2) is 6.18. The fourth-order valence-corrected chi connectivity index (χ4v) is 1.60. The molecule has 1 aromatic rings. The summed E-state index contributed by atoms with van der Waals surface area (Å²) in [6.45, 7) is 1.74. The van der Waals surface area contributed by atoms with Gasteiger partial charge in [-0.1, -0.05) is 34.8 Å². The van der Waals surface area contributed by atoms with Gasteiger partial charge in [0, 0.05) is 0 Å². The molecule has 1 rings (SSSR count). The Hall–Kier alpha value is -0.640. The summed E-state index contributed by atoms with van der Waals surface area (Å²) < 4.78 is 9.83. The monoisotopic (exact) mass is 282 g/mol. The van der Waals surface area contributed by atoms with Crippen LogP contribution in [-0.2, 0) is 9.53 Å². The Morgan fingerprint density at radius 1 is 1.25 bits per heavy atom. The highest BCUT2D eigenvalue weighted by molar-refractivity contribution is 6.44. The van der Waals surface area contributed by atoms with Gasteiger partial charge >= 0.3 is 5.97 Å². The molecule has 16 heavy (non-hydrogen) atoms. The third kappa shape index (κ3) is 3.44. The Morgan fingerprint density at radius 3 is 2.50 bits per heavy atom. The molecule has 3 nitrogen and oxygen atoms in total. The van der Waals surface area contributed by atoms with Crippen molar-refractivity contribution in [2.24, 2.45) is 0 Å². The van der Waals surface area contributed by atoms with Gasteiger partial charge in [-0.15, -0.1) is 0 Å². The number of hydrogen-bond acceptors (Lipinski definition) is 3. The van der Waals surface area contributed by atoms with Crippen molar-refractivity contribution < 1.29 is 14.3 Å². The Kier molecular flexibility index (Phi) is 5.19. The van der Waals surface area contributed by atoms with Crippen LogP contribution in [0.4, 0.5) is 0 Å². The molecule has 6 heteroatoms.